The molecule has 110 valence electrons. The van der Waals surface area contributed by atoms with Crippen molar-refractivity contribution in [2.45, 2.75) is 18.9 Å². The molecule has 0 saturated carbocycles. The molecule has 7 heteroatoms. The molecule has 0 aliphatic carbocycles. The van der Waals surface area contributed by atoms with E-state index in [2.05, 4.69) is 5.32 Å². The Bertz CT molecular complexity index is 572. The van der Waals surface area contributed by atoms with Gasteiger partial charge in [-0.25, -0.2) is 8.42 Å². The lowest BCUT2D eigenvalue weighted by Gasteiger charge is -2.24. The first-order valence-corrected chi connectivity index (χ1v) is 8.25. The summed E-state index contributed by atoms with van der Waals surface area (Å²) in [6.07, 6.45) is 1.21. The van der Waals surface area contributed by atoms with Crippen LogP contribution in [0.2, 0.25) is 0 Å². The summed E-state index contributed by atoms with van der Waals surface area (Å²) in [5.74, 6) is 0.475. The smallest absolute Gasteiger partial charge is 0.255 e. The largest absolute Gasteiger partial charge is 0.484 e. The van der Waals surface area contributed by atoms with E-state index < -0.39 is 15.7 Å². The maximum absolute atomic E-state index is 11.4. The Labute approximate surface area is 118 Å². The fourth-order valence-corrected chi connectivity index (χ4v) is 3.59. The third-order valence-corrected chi connectivity index (χ3v) is 4.86. The van der Waals surface area contributed by atoms with Crippen molar-refractivity contribution in [3.05, 3.63) is 24.3 Å². The zero-order valence-electron chi connectivity index (χ0n) is 11.0. The summed E-state index contributed by atoms with van der Waals surface area (Å²) >= 11 is 0. The Morgan fingerprint density at radius 2 is 2.05 bits per heavy atom. The fourth-order valence-electron chi connectivity index (χ4n) is 2.10. The summed E-state index contributed by atoms with van der Waals surface area (Å²) in [4.78, 5) is 10.7. The van der Waals surface area contributed by atoms with E-state index in [0.717, 1.165) is 5.69 Å². The van der Waals surface area contributed by atoms with Gasteiger partial charge in [0.05, 0.1) is 11.5 Å². The lowest BCUT2D eigenvalue weighted by molar-refractivity contribution is -0.119. The van der Waals surface area contributed by atoms with E-state index in [4.69, 9.17) is 10.5 Å². The Hall–Kier alpha value is -1.76. The van der Waals surface area contributed by atoms with Gasteiger partial charge in [0.25, 0.3) is 5.91 Å². The molecule has 6 nitrogen and oxygen atoms in total. The molecule has 1 aromatic rings. The molecule has 1 aromatic carbocycles. The molecule has 0 atom stereocenters. The van der Waals surface area contributed by atoms with Gasteiger partial charge in [-0.2, -0.15) is 0 Å². The second kappa shape index (κ2) is 6.13. The molecular weight excluding hydrogens is 280 g/mol. The lowest BCUT2D eigenvalue weighted by atomic mass is 10.1. The molecule has 20 heavy (non-hydrogen) atoms. The summed E-state index contributed by atoms with van der Waals surface area (Å²) in [7, 11) is -2.85. The first-order valence-electron chi connectivity index (χ1n) is 6.43. The number of anilines is 1. The van der Waals surface area contributed by atoms with Crippen LogP contribution in [-0.2, 0) is 14.6 Å². The summed E-state index contributed by atoms with van der Waals surface area (Å²) in [5.41, 5.74) is 5.86. The summed E-state index contributed by atoms with van der Waals surface area (Å²) in [6.45, 7) is -0.162. The number of carbonyl (C=O) groups is 1. The Balaban J connectivity index is 1.93. The highest BCUT2D eigenvalue weighted by molar-refractivity contribution is 7.91. The van der Waals surface area contributed by atoms with Crippen LogP contribution in [-0.4, -0.2) is 38.5 Å². The highest BCUT2D eigenvalue weighted by atomic mass is 32.2. The van der Waals surface area contributed by atoms with E-state index in [1.54, 1.807) is 18.2 Å². The number of primary amides is 1. The second-order valence-corrected chi connectivity index (χ2v) is 7.16. The van der Waals surface area contributed by atoms with Gasteiger partial charge in [0.15, 0.2) is 6.61 Å². The summed E-state index contributed by atoms with van der Waals surface area (Å²) < 4.78 is 27.9. The van der Waals surface area contributed by atoms with Crippen molar-refractivity contribution in [2.75, 3.05) is 23.4 Å². The number of ether oxygens (including phenoxy) is 1. The first-order chi connectivity index (χ1) is 9.44. The number of amides is 1. The highest BCUT2D eigenvalue weighted by Crippen LogP contribution is 2.21. The van der Waals surface area contributed by atoms with Crippen molar-refractivity contribution in [3.8, 4) is 5.75 Å². The number of benzene rings is 1. The minimum atomic E-state index is -2.85. The van der Waals surface area contributed by atoms with Crippen LogP contribution >= 0.6 is 0 Å². The average Bonchev–Trinajstić information content (AvgIpc) is 2.39. The first kappa shape index (κ1) is 14.6. The van der Waals surface area contributed by atoms with E-state index in [9.17, 15) is 13.2 Å². The summed E-state index contributed by atoms with van der Waals surface area (Å²) in [5, 5.41) is 3.29. The van der Waals surface area contributed by atoms with Crippen LogP contribution < -0.4 is 15.8 Å². The molecule has 0 spiro atoms. The van der Waals surface area contributed by atoms with Crippen LogP contribution in [0.1, 0.15) is 12.8 Å². The molecule has 0 radical (unpaired) electrons. The van der Waals surface area contributed by atoms with E-state index in [1.165, 1.54) is 0 Å². The van der Waals surface area contributed by atoms with Crippen molar-refractivity contribution < 1.29 is 17.9 Å². The van der Waals surface area contributed by atoms with Crippen molar-refractivity contribution in [1.29, 1.82) is 0 Å². The van der Waals surface area contributed by atoms with Gasteiger partial charge in [0, 0.05) is 17.8 Å². The topological polar surface area (TPSA) is 98.5 Å². The fraction of sp³-hybridized carbons (Fsp3) is 0.462. The van der Waals surface area contributed by atoms with Gasteiger partial charge in [0.2, 0.25) is 0 Å². The van der Waals surface area contributed by atoms with Crippen LogP contribution in [0.5, 0.6) is 5.75 Å². The predicted octanol–water partition coefficient (Wildman–Crippen LogP) is 0.540. The quantitative estimate of drug-likeness (QED) is 0.826. The van der Waals surface area contributed by atoms with Gasteiger partial charge in [-0.05, 0) is 25.0 Å². The van der Waals surface area contributed by atoms with Gasteiger partial charge >= 0.3 is 0 Å². The standard InChI is InChI=1S/C13H18N2O4S/c14-13(16)9-19-12-3-1-2-11(8-12)15-10-4-6-20(17,18)7-5-10/h1-3,8,10,15H,4-7,9H2,(H2,14,16). The minimum absolute atomic E-state index is 0.143. The maximum atomic E-state index is 11.4. The molecule has 0 bridgehead atoms. The number of rotatable bonds is 5. The Morgan fingerprint density at radius 1 is 1.35 bits per heavy atom. The molecule has 0 unspecified atom stereocenters. The van der Waals surface area contributed by atoms with Crippen LogP contribution in [0.15, 0.2) is 24.3 Å². The molecule has 1 fully saturated rings. The van der Waals surface area contributed by atoms with E-state index in [-0.39, 0.29) is 24.2 Å². The zero-order valence-corrected chi connectivity index (χ0v) is 11.9. The molecule has 1 aliphatic heterocycles. The van der Waals surface area contributed by atoms with Crippen molar-refractivity contribution in [3.63, 3.8) is 0 Å². The van der Waals surface area contributed by atoms with Gasteiger partial charge in [-0.1, -0.05) is 6.07 Å². The van der Waals surface area contributed by atoms with Gasteiger partial charge in [-0.15, -0.1) is 0 Å². The molecule has 0 aromatic heterocycles. The third-order valence-electron chi connectivity index (χ3n) is 3.14. The highest BCUT2D eigenvalue weighted by Gasteiger charge is 2.23. The molecule has 2 rings (SSSR count). The number of hydrogen-bond acceptors (Lipinski definition) is 5. The number of carbonyl (C=O) groups excluding carboxylic acids is 1. The number of nitrogens with one attached hydrogen (secondary N) is 1. The second-order valence-electron chi connectivity index (χ2n) is 4.85. The van der Waals surface area contributed by atoms with Crippen molar-refractivity contribution >= 4 is 21.4 Å². The van der Waals surface area contributed by atoms with Crippen LogP contribution in [0.3, 0.4) is 0 Å². The average molecular weight is 298 g/mol. The molecule has 1 heterocycles. The molecule has 1 amide bonds. The maximum Gasteiger partial charge on any atom is 0.255 e. The van der Waals surface area contributed by atoms with Crippen LogP contribution in [0.25, 0.3) is 0 Å². The van der Waals surface area contributed by atoms with Gasteiger partial charge < -0.3 is 15.8 Å². The summed E-state index contributed by atoms with van der Waals surface area (Å²) in [6, 6.07) is 7.33. The molecule has 1 aliphatic rings. The number of sulfone groups is 1. The lowest BCUT2D eigenvalue weighted by Crippen LogP contribution is -2.32. The van der Waals surface area contributed by atoms with Crippen molar-refractivity contribution in [2.24, 2.45) is 5.73 Å². The van der Waals surface area contributed by atoms with Crippen LogP contribution in [0.4, 0.5) is 5.69 Å². The predicted molar refractivity (Wildman–Crippen MR) is 76.4 cm³/mol. The Kier molecular flexibility index (Phi) is 4.49. The molecular formula is C13H18N2O4S. The third kappa shape index (κ3) is 4.41. The van der Waals surface area contributed by atoms with Gasteiger partial charge in [-0.3, -0.25) is 4.79 Å². The molecule has 3 N–H and O–H groups in total. The van der Waals surface area contributed by atoms with Gasteiger partial charge in [0.1, 0.15) is 15.6 Å². The van der Waals surface area contributed by atoms with E-state index in [1.807, 2.05) is 6.07 Å². The van der Waals surface area contributed by atoms with Crippen LogP contribution in [0, 0.1) is 0 Å². The zero-order chi connectivity index (χ0) is 14.6. The van der Waals surface area contributed by atoms with E-state index in [0.29, 0.717) is 18.6 Å². The normalized spacial score (nSPS) is 18.4. The van der Waals surface area contributed by atoms with Crippen molar-refractivity contribution in [1.82, 2.24) is 0 Å². The monoisotopic (exact) mass is 298 g/mol. The van der Waals surface area contributed by atoms with E-state index >= 15 is 0 Å². The number of hydrogen-bond donors (Lipinski definition) is 2. The SMILES string of the molecule is NC(=O)COc1cccc(NC2CCS(=O)(=O)CC2)c1. The number of nitrogens with two attached hydrogens (primary N) is 1. The molecule has 1 saturated heterocycles. The minimum Gasteiger partial charge on any atom is -0.484 e. The Morgan fingerprint density at radius 3 is 2.70 bits per heavy atom.